The van der Waals surface area contributed by atoms with Gasteiger partial charge < -0.3 is 15.3 Å². The van der Waals surface area contributed by atoms with Crippen molar-refractivity contribution in [3.05, 3.63) is 54.1 Å². The molecule has 0 bridgehead atoms. The van der Waals surface area contributed by atoms with Gasteiger partial charge in [0.2, 0.25) is 5.91 Å². The quantitative estimate of drug-likeness (QED) is 0.559. The number of carbonyl (C=O) groups is 2. The minimum atomic E-state index is -4.18. The number of hydrogen-bond donors (Lipinski definition) is 2. The molecular weight excluding hydrogens is 418 g/mol. The predicted molar refractivity (Wildman–Crippen MR) is 115 cm³/mol. The van der Waals surface area contributed by atoms with Crippen LogP contribution in [0.15, 0.2) is 57.8 Å². The molecule has 2 N–H and O–H groups in total. The molecule has 2 aromatic rings. The van der Waals surface area contributed by atoms with Crippen molar-refractivity contribution >= 4 is 33.2 Å². The maximum atomic E-state index is 13.4. The summed E-state index contributed by atoms with van der Waals surface area (Å²) in [5.74, 6) is -2.66. The smallest absolute Gasteiger partial charge is 0.286 e. The van der Waals surface area contributed by atoms with Gasteiger partial charge in [0.25, 0.3) is 10.0 Å². The first-order chi connectivity index (χ1) is 14.5. The summed E-state index contributed by atoms with van der Waals surface area (Å²) >= 11 is 0. The van der Waals surface area contributed by atoms with E-state index in [1.807, 2.05) is 51.1 Å². The van der Waals surface area contributed by atoms with E-state index in [1.165, 1.54) is 17.0 Å². The van der Waals surface area contributed by atoms with Crippen LogP contribution in [0.1, 0.15) is 26.3 Å². The molecule has 2 heterocycles. The van der Waals surface area contributed by atoms with Crippen LogP contribution < -0.4 is 5.32 Å². The fourth-order valence-corrected chi connectivity index (χ4v) is 5.29. The Bertz CT molecular complexity index is 1200. The number of sulfonamides is 1. The lowest BCUT2D eigenvalue weighted by Crippen LogP contribution is -2.44. The number of aromatic hydroxyl groups is 1. The second kappa shape index (κ2) is 7.19. The average Bonchev–Trinajstić information content (AvgIpc) is 2.92. The highest BCUT2D eigenvalue weighted by Crippen LogP contribution is 2.38. The van der Waals surface area contributed by atoms with E-state index in [9.17, 15) is 23.1 Å². The summed E-state index contributed by atoms with van der Waals surface area (Å²) in [7, 11) is -4.18. The highest BCUT2D eigenvalue weighted by molar-refractivity contribution is 7.90. The monoisotopic (exact) mass is 441 g/mol. The van der Waals surface area contributed by atoms with E-state index in [0.29, 0.717) is 0 Å². The zero-order valence-corrected chi connectivity index (χ0v) is 18.2. The fraction of sp³-hybridized carbons (Fsp3) is 0.318. The fourth-order valence-electron chi connectivity index (χ4n) is 4.11. The van der Waals surface area contributed by atoms with E-state index in [4.69, 9.17) is 0 Å². The van der Waals surface area contributed by atoms with Crippen LogP contribution in [0, 0.1) is 11.3 Å². The van der Waals surface area contributed by atoms with Crippen molar-refractivity contribution in [1.82, 2.24) is 4.90 Å². The Hall–Kier alpha value is -3.20. The molecule has 1 saturated heterocycles. The molecular formula is C22H23N3O5S. The molecule has 2 aliphatic rings. The van der Waals surface area contributed by atoms with Crippen LogP contribution >= 0.6 is 0 Å². The number of rotatable bonds is 3. The van der Waals surface area contributed by atoms with E-state index in [1.54, 1.807) is 0 Å². The summed E-state index contributed by atoms with van der Waals surface area (Å²) in [6.07, 6.45) is 0. The summed E-state index contributed by atoms with van der Waals surface area (Å²) < 4.78 is 29.1. The number of amides is 1. The first kappa shape index (κ1) is 21.0. The maximum absolute atomic E-state index is 13.4. The molecule has 31 heavy (non-hydrogen) atoms. The van der Waals surface area contributed by atoms with E-state index in [0.717, 1.165) is 11.6 Å². The van der Waals surface area contributed by atoms with Crippen LogP contribution in [0.3, 0.4) is 0 Å². The largest absolute Gasteiger partial charge is 0.508 e. The Morgan fingerprint density at radius 1 is 1.10 bits per heavy atom. The van der Waals surface area contributed by atoms with E-state index < -0.39 is 39.1 Å². The van der Waals surface area contributed by atoms with Crippen LogP contribution in [0.5, 0.6) is 5.75 Å². The van der Waals surface area contributed by atoms with Gasteiger partial charge in [-0.3, -0.25) is 9.59 Å². The third-order valence-electron chi connectivity index (χ3n) is 5.41. The van der Waals surface area contributed by atoms with Crippen LogP contribution in [-0.4, -0.2) is 42.0 Å². The van der Waals surface area contributed by atoms with Crippen LogP contribution in [0.4, 0.5) is 5.69 Å². The van der Waals surface area contributed by atoms with Gasteiger partial charge in [-0.25, -0.2) is 0 Å². The van der Waals surface area contributed by atoms with Gasteiger partial charge in [0.05, 0.1) is 11.7 Å². The number of phenols is 1. The number of ketones is 1. The number of nitrogens with zero attached hydrogens (tertiary/aromatic N) is 2. The number of carbonyl (C=O) groups excluding carboxylic acids is 2. The van der Waals surface area contributed by atoms with Crippen molar-refractivity contribution in [3.63, 3.8) is 0 Å². The minimum Gasteiger partial charge on any atom is -0.508 e. The zero-order chi connectivity index (χ0) is 22.6. The number of phenolic OH excluding ortho intramolecular Hbond substituents is 1. The van der Waals surface area contributed by atoms with Crippen molar-refractivity contribution < 1.29 is 23.1 Å². The van der Waals surface area contributed by atoms with Gasteiger partial charge in [-0.15, -0.1) is 4.40 Å². The van der Waals surface area contributed by atoms with Crippen LogP contribution in [0.25, 0.3) is 0 Å². The first-order valence-corrected chi connectivity index (χ1v) is 11.3. The van der Waals surface area contributed by atoms with Gasteiger partial charge in [-0.1, -0.05) is 51.1 Å². The van der Waals surface area contributed by atoms with Gasteiger partial charge in [0.15, 0.2) is 11.7 Å². The Morgan fingerprint density at radius 3 is 2.42 bits per heavy atom. The third-order valence-corrected chi connectivity index (χ3v) is 6.74. The lowest BCUT2D eigenvalue weighted by atomic mass is 9.82. The normalized spacial score (nSPS) is 22.7. The molecule has 162 valence electrons. The van der Waals surface area contributed by atoms with Crippen molar-refractivity contribution in [2.24, 2.45) is 15.7 Å². The zero-order valence-electron chi connectivity index (χ0n) is 17.4. The molecule has 1 fully saturated rings. The number of fused-ring (bicyclic) bond motifs is 1. The number of amidine groups is 1. The van der Waals surface area contributed by atoms with Crippen molar-refractivity contribution in [1.29, 1.82) is 0 Å². The lowest BCUT2D eigenvalue weighted by Gasteiger charge is -2.33. The average molecular weight is 442 g/mol. The third kappa shape index (κ3) is 3.69. The summed E-state index contributed by atoms with van der Waals surface area (Å²) in [5.41, 5.74) is 0.469. The van der Waals surface area contributed by atoms with Gasteiger partial charge in [0, 0.05) is 12.6 Å². The lowest BCUT2D eigenvalue weighted by molar-refractivity contribution is -0.132. The molecule has 4 rings (SSSR count). The SMILES string of the molecule is CC(C)(C)[C@H]1C(=O)C(C2=NS(=O)(=O)c3cc(O)ccc3N2)C(=O)N1Cc1ccccc1. The highest BCUT2D eigenvalue weighted by atomic mass is 32.2. The molecule has 2 aromatic carbocycles. The molecule has 0 aromatic heterocycles. The highest BCUT2D eigenvalue weighted by Gasteiger charge is 2.54. The van der Waals surface area contributed by atoms with E-state index >= 15 is 0 Å². The van der Waals surface area contributed by atoms with Gasteiger partial charge in [0.1, 0.15) is 16.5 Å². The van der Waals surface area contributed by atoms with Crippen LogP contribution in [0.2, 0.25) is 0 Å². The summed E-state index contributed by atoms with van der Waals surface area (Å²) in [6.45, 7) is 5.84. The number of likely N-dealkylation sites (tertiary alicyclic amines) is 1. The summed E-state index contributed by atoms with van der Waals surface area (Å²) in [5, 5.41) is 12.5. The van der Waals surface area contributed by atoms with Crippen LogP contribution in [-0.2, 0) is 26.2 Å². The maximum Gasteiger partial charge on any atom is 0.286 e. The van der Waals surface area contributed by atoms with Crippen molar-refractivity contribution in [2.45, 2.75) is 38.3 Å². The standard InChI is InChI=1S/C22H23N3O5S/c1-22(2,3)19-18(27)17(21(28)25(19)12-13-7-5-4-6-8-13)20-23-15-10-9-14(26)11-16(15)31(29,30)24-20/h4-11,17,19,26H,12H2,1-3H3,(H,23,24)/t17?,19-/m1/s1. The number of Topliss-reactive ketones (excluding diaryl/α,β-unsaturated/α-hetero) is 1. The van der Waals surface area contributed by atoms with E-state index in [2.05, 4.69) is 9.71 Å². The number of nitrogens with one attached hydrogen (secondary N) is 1. The Labute approximate surface area is 180 Å². The molecule has 0 radical (unpaired) electrons. The second-order valence-corrected chi connectivity index (χ2v) is 10.4. The second-order valence-electron chi connectivity index (χ2n) is 8.81. The Morgan fingerprint density at radius 2 is 1.77 bits per heavy atom. The molecule has 1 unspecified atom stereocenters. The van der Waals surface area contributed by atoms with Crippen molar-refractivity contribution in [2.75, 3.05) is 5.32 Å². The molecule has 2 atom stereocenters. The molecule has 2 aliphatic heterocycles. The minimum absolute atomic E-state index is 0.164. The molecule has 9 heteroatoms. The number of benzene rings is 2. The Kier molecular flexibility index (Phi) is 4.88. The van der Waals surface area contributed by atoms with Gasteiger partial charge >= 0.3 is 0 Å². The number of hydrogen-bond acceptors (Lipinski definition) is 6. The van der Waals surface area contributed by atoms with Gasteiger partial charge in [-0.2, -0.15) is 8.42 Å². The predicted octanol–water partition coefficient (Wildman–Crippen LogP) is 2.55. The van der Waals surface area contributed by atoms with Gasteiger partial charge in [-0.05, 0) is 23.1 Å². The topological polar surface area (TPSA) is 116 Å². The number of anilines is 1. The molecule has 0 spiro atoms. The molecule has 0 saturated carbocycles. The first-order valence-electron chi connectivity index (χ1n) is 9.82. The Balaban J connectivity index is 1.75. The van der Waals surface area contributed by atoms with E-state index in [-0.39, 0.29) is 28.7 Å². The molecule has 1 amide bonds. The molecule has 8 nitrogen and oxygen atoms in total. The summed E-state index contributed by atoms with van der Waals surface area (Å²) in [4.78, 5) is 28.1. The van der Waals surface area contributed by atoms with Crippen molar-refractivity contribution in [3.8, 4) is 5.75 Å². The summed E-state index contributed by atoms with van der Waals surface area (Å²) in [6, 6.07) is 12.4. The molecule has 0 aliphatic carbocycles.